The molecule has 0 aliphatic rings. The number of para-hydroxylation sites is 2. The fraction of sp³-hybridized carbons (Fsp3) is 0. The van der Waals surface area contributed by atoms with Gasteiger partial charge < -0.3 is 4.40 Å². The standard InChI is InChI=1S/C30H20N4/c1-2-10-21(11-3-1)29-25(20-33-17-9-8-16-28(29)33)22-18-31-30(32-19-22)34-26-14-6-4-12-23(26)24-13-5-7-15-27(24)34/h1-20H. The van der Waals surface area contributed by atoms with E-state index in [9.17, 15) is 0 Å². The molecule has 0 fully saturated rings. The third-order valence-electron chi connectivity index (χ3n) is 6.48. The molecule has 0 saturated heterocycles. The van der Waals surface area contributed by atoms with Crippen LogP contribution in [0.4, 0.5) is 0 Å². The first-order chi connectivity index (χ1) is 16.9. The van der Waals surface area contributed by atoms with E-state index in [0.717, 1.165) is 27.7 Å². The number of hydrogen-bond acceptors (Lipinski definition) is 2. The average Bonchev–Trinajstić information content (AvgIpc) is 3.46. The van der Waals surface area contributed by atoms with Crippen LogP contribution in [0.15, 0.2) is 122 Å². The number of aromatic nitrogens is 4. The summed E-state index contributed by atoms with van der Waals surface area (Å²) in [7, 11) is 0. The molecule has 0 atom stereocenters. The van der Waals surface area contributed by atoms with Gasteiger partial charge in [0.2, 0.25) is 5.95 Å². The van der Waals surface area contributed by atoms with Crippen molar-refractivity contribution in [3.8, 4) is 28.2 Å². The zero-order valence-corrected chi connectivity index (χ0v) is 18.3. The van der Waals surface area contributed by atoms with Gasteiger partial charge in [0, 0.05) is 52.3 Å². The summed E-state index contributed by atoms with van der Waals surface area (Å²) in [5, 5.41) is 2.41. The summed E-state index contributed by atoms with van der Waals surface area (Å²) >= 11 is 0. The second kappa shape index (κ2) is 7.42. The third-order valence-corrected chi connectivity index (χ3v) is 6.48. The van der Waals surface area contributed by atoms with E-state index in [0.29, 0.717) is 5.95 Å². The molecule has 4 heterocycles. The maximum absolute atomic E-state index is 4.85. The fourth-order valence-corrected chi connectivity index (χ4v) is 4.96. The molecule has 0 N–H and O–H groups in total. The van der Waals surface area contributed by atoms with E-state index < -0.39 is 0 Å². The summed E-state index contributed by atoms with van der Waals surface area (Å²) in [4.78, 5) is 9.69. The lowest BCUT2D eigenvalue weighted by atomic mass is 9.99. The first-order valence-electron chi connectivity index (χ1n) is 11.3. The third kappa shape index (κ3) is 2.79. The molecule has 34 heavy (non-hydrogen) atoms. The first kappa shape index (κ1) is 18.8. The number of pyridine rings is 1. The maximum Gasteiger partial charge on any atom is 0.234 e. The number of nitrogens with zero attached hydrogens (tertiary/aromatic N) is 4. The Morgan fingerprint density at radius 2 is 1.12 bits per heavy atom. The highest BCUT2D eigenvalue weighted by Gasteiger charge is 2.17. The van der Waals surface area contributed by atoms with E-state index in [1.807, 2.05) is 24.5 Å². The number of benzene rings is 3. The molecular weight excluding hydrogens is 416 g/mol. The van der Waals surface area contributed by atoms with Gasteiger partial charge in [-0.2, -0.15) is 0 Å². The Balaban J connectivity index is 1.42. The molecule has 160 valence electrons. The fourth-order valence-electron chi connectivity index (χ4n) is 4.96. The Hall–Kier alpha value is -4.70. The van der Waals surface area contributed by atoms with Crippen molar-refractivity contribution >= 4 is 27.3 Å². The molecule has 3 aromatic carbocycles. The van der Waals surface area contributed by atoms with Gasteiger partial charge in [0.1, 0.15) is 0 Å². The summed E-state index contributed by atoms with van der Waals surface area (Å²) in [6.07, 6.45) is 8.12. The second-order valence-electron chi connectivity index (χ2n) is 8.42. The van der Waals surface area contributed by atoms with Crippen LogP contribution in [-0.4, -0.2) is 18.9 Å². The lowest BCUT2D eigenvalue weighted by Crippen LogP contribution is -2.00. The SMILES string of the molecule is c1ccc(-c2c(-c3cnc(-n4c5ccccc5c5ccccc54)nc3)cn3ccccc23)cc1. The van der Waals surface area contributed by atoms with Gasteiger partial charge in [-0.05, 0) is 29.8 Å². The topological polar surface area (TPSA) is 35.1 Å². The predicted octanol–water partition coefficient (Wildman–Crippen LogP) is 7.16. The van der Waals surface area contributed by atoms with Crippen molar-refractivity contribution in [3.05, 3.63) is 122 Å². The van der Waals surface area contributed by atoms with Crippen molar-refractivity contribution in [2.24, 2.45) is 0 Å². The minimum atomic E-state index is 0.672. The quantitative estimate of drug-likeness (QED) is 0.295. The summed E-state index contributed by atoms with van der Waals surface area (Å²) in [6.45, 7) is 0. The van der Waals surface area contributed by atoms with Gasteiger partial charge in [-0.15, -0.1) is 0 Å². The molecular formula is C30H20N4. The van der Waals surface area contributed by atoms with Gasteiger partial charge in [0.05, 0.1) is 16.6 Å². The van der Waals surface area contributed by atoms with E-state index in [2.05, 4.69) is 106 Å². The Kier molecular flexibility index (Phi) is 4.11. The minimum absolute atomic E-state index is 0.672. The molecule has 4 nitrogen and oxygen atoms in total. The van der Waals surface area contributed by atoms with Crippen LogP contribution in [0.25, 0.3) is 55.5 Å². The van der Waals surface area contributed by atoms with Crippen molar-refractivity contribution in [2.75, 3.05) is 0 Å². The van der Waals surface area contributed by atoms with Gasteiger partial charge in [0.15, 0.2) is 0 Å². The number of fused-ring (bicyclic) bond motifs is 4. The Morgan fingerprint density at radius 1 is 0.529 bits per heavy atom. The van der Waals surface area contributed by atoms with Crippen molar-refractivity contribution in [3.63, 3.8) is 0 Å². The predicted molar refractivity (Wildman–Crippen MR) is 138 cm³/mol. The summed E-state index contributed by atoms with van der Waals surface area (Å²) < 4.78 is 4.31. The molecule has 0 spiro atoms. The largest absolute Gasteiger partial charge is 0.323 e. The lowest BCUT2D eigenvalue weighted by Gasteiger charge is -2.08. The number of hydrogen-bond donors (Lipinski definition) is 0. The normalized spacial score (nSPS) is 11.5. The van der Waals surface area contributed by atoms with Crippen molar-refractivity contribution < 1.29 is 0 Å². The molecule has 0 aliphatic carbocycles. The molecule has 0 unspecified atom stereocenters. The van der Waals surface area contributed by atoms with Crippen molar-refractivity contribution in [1.82, 2.24) is 18.9 Å². The molecule has 0 bridgehead atoms. The van der Waals surface area contributed by atoms with Gasteiger partial charge in [-0.1, -0.05) is 72.8 Å². The second-order valence-corrected chi connectivity index (χ2v) is 8.42. The van der Waals surface area contributed by atoms with Gasteiger partial charge in [0.25, 0.3) is 0 Å². The summed E-state index contributed by atoms with van der Waals surface area (Å²) in [5.41, 5.74) is 7.85. The lowest BCUT2D eigenvalue weighted by molar-refractivity contribution is 0.990. The van der Waals surface area contributed by atoms with Crippen LogP contribution in [0.2, 0.25) is 0 Å². The van der Waals surface area contributed by atoms with E-state index >= 15 is 0 Å². The van der Waals surface area contributed by atoms with Gasteiger partial charge >= 0.3 is 0 Å². The average molecular weight is 437 g/mol. The highest BCUT2D eigenvalue weighted by molar-refractivity contribution is 6.08. The van der Waals surface area contributed by atoms with Crippen LogP contribution in [0.1, 0.15) is 0 Å². The van der Waals surface area contributed by atoms with Crippen LogP contribution >= 0.6 is 0 Å². The molecule has 7 aromatic rings. The molecule has 0 radical (unpaired) electrons. The highest BCUT2D eigenvalue weighted by Crippen LogP contribution is 2.37. The first-order valence-corrected chi connectivity index (χ1v) is 11.3. The molecule has 0 aliphatic heterocycles. The number of rotatable bonds is 3. The highest BCUT2D eigenvalue weighted by atomic mass is 15.1. The Labute approximate surface area is 196 Å². The zero-order valence-electron chi connectivity index (χ0n) is 18.3. The van der Waals surface area contributed by atoms with E-state index in [1.165, 1.54) is 21.9 Å². The van der Waals surface area contributed by atoms with Crippen LogP contribution in [0.3, 0.4) is 0 Å². The van der Waals surface area contributed by atoms with E-state index in [4.69, 9.17) is 9.97 Å². The van der Waals surface area contributed by atoms with Gasteiger partial charge in [-0.3, -0.25) is 4.57 Å². The Bertz CT molecular complexity index is 1740. The monoisotopic (exact) mass is 436 g/mol. The minimum Gasteiger partial charge on any atom is -0.323 e. The van der Waals surface area contributed by atoms with Crippen molar-refractivity contribution in [2.45, 2.75) is 0 Å². The van der Waals surface area contributed by atoms with Crippen LogP contribution in [0.5, 0.6) is 0 Å². The maximum atomic E-state index is 4.85. The molecule has 0 amide bonds. The molecule has 7 rings (SSSR count). The van der Waals surface area contributed by atoms with Gasteiger partial charge in [-0.25, -0.2) is 9.97 Å². The van der Waals surface area contributed by atoms with Crippen LogP contribution < -0.4 is 0 Å². The van der Waals surface area contributed by atoms with E-state index in [1.54, 1.807) is 0 Å². The van der Waals surface area contributed by atoms with Crippen LogP contribution in [-0.2, 0) is 0 Å². The van der Waals surface area contributed by atoms with Crippen LogP contribution in [0, 0.1) is 0 Å². The summed E-state index contributed by atoms with van der Waals surface area (Å²) in [5.74, 6) is 0.672. The molecule has 0 saturated carbocycles. The molecule has 4 aromatic heterocycles. The zero-order chi connectivity index (χ0) is 22.5. The smallest absolute Gasteiger partial charge is 0.234 e. The Morgan fingerprint density at radius 3 is 1.82 bits per heavy atom. The van der Waals surface area contributed by atoms with E-state index in [-0.39, 0.29) is 0 Å². The summed E-state index contributed by atoms with van der Waals surface area (Å²) in [6, 6.07) is 33.6. The molecule has 4 heteroatoms. The van der Waals surface area contributed by atoms with Crippen molar-refractivity contribution in [1.29, 1.82) is 0 Å².